The van der Waals surface area contributed by atoms with E-state index in [-0.39, 0.29) is 11.9 Å². The summed E-state index contributed by atoms with van der Waals surface area (Å²) in [5.74, 6) is -0.210. The molecule has 0 spiro atoms. The molecule has 20 heavy (non-hydrogen) atoms. The summed E-state index contributed by atoms with van der Waals surface area (Å²) in [5, 5.41) is 4.61. The molecule has 1 atom stereocenters. The Morgan fingerprint density at radius 3 is 2.60 bits per heavy atom. The smallest absolute Gasteiger partial charge is 0.123 e. The molecule has 0 aliphatic rings. The predicted octanol–water partition coefficient (Wildman–Crippen LogP) is 4.51. The van der Waals surface area contributed by atoms with E-state index in [4.69, 9.17) is 23.2 Å². The lowest BCUT2D eigenvalue weighted by Crippen LogP contribution is -2.30. The van der Waals surface area contributed by atoms with Crippen molar-refractivity contribution >= 4 is 23.2 Å². The highest BCUT2D eigenvalue weighted by atomic mass is 35.5. The second-order valence-electron chi connectivity index (χ2n) is 4.76. The maximum Gasteiger partial charge on any atom is 0.123 e. The largest absolute Gasteiger partial charge is 0.316 e. The molecule has 0 aromatic heterocycles. The van der Waals surface area contributed by atoms with Crippen molar-refractivity contribution < 1.29 is 4.39 Å². The summed E-state index contributed by atoms with van der Waals surface area (Å²) in [6, 6.07) is 12.3. The highest BCUT2D eigenvalue weighted by molar-refractivity contribution is 6.33. The second kappa shape index (κ2) is 7.07. The summed E-state index contributed by atoms with van der Waals surface area (Å²) in [4.78, 5) is 0. The van der Waals surface area contributed by atoms with Gasteiger partial charge in [0.15, 0.2) is 0 Å². The molecule has 4 heteroatoms. The Morgan fingerprint density at radius 1 is 1.10 bits per heavy atom. The van der Waals surface area contributed by atoms with Gasteiger partial charge in [0.2, 0.25) is 0 Å². The number of rotatable bonds is 5. The van der Waals surface area contributed by atoms with Crippen LogP contribution in [0.15, 0.2) is 42.5 Å². The van der Waals surface area contributed by atoms with Crippen molar-refractivity contribution in [1.29, 1.82) is 0 Å². The topological polar surface area (TPSA) is 12.0 Å². The quantitative estimate of drug-likeness (QED) is 0.857. The van der Waals surface area contributed by atoms with Crippen LogP contribution in [0, 0.1) is 5.82 Å². The van der Waals surface area contributed by atoms with Crippen molar-refractivity contribution in [3.05, 3.63) is 69.5 Å². The number of likely N-dealkylation sites (N-methyl/N-ethyl adjacent to an activating group) is 1. The van der Waals surface area contributed by atoms with Gasteiger partial charge in [-0.3, -0.25) is 0 Å². The van der Waals surface area contributed by atoms with Crippen LogP contribution < -0.4 is 5.32 Å². The van der Waals surface area contributed by atoms with Gasteiger partial charge < -0.3 is 5.32 Å². The fourth-order valence-electron chi connectivity index (χ4n) is 2.19. The molecule has 0 saturated heterocycles. The number of hydrogen-bond donors (Lipinski definition) is 1. The molecule has 2 rings (SSSR count). The normalized spacial score (nSPS) is 12.4. The fourth-order valence-corrected chi connectivity index (χ4v) is 2.58. The van der Waals surface area contributed by atoms with Crippen molar-refractivity contribution in [3.8, 4) is 0 Å². The van der Waals surface area contributed by atoms with E-state index in [0.717, 1.165) is 24.0 Å². The molecule has 2 aromatic carbocycles. The molecule has 1 N–H and O–H groups in total. The molecule has 2 aromatic rings. The molecular formula is C16H16Cl2FN. The van der Waals surface area contributed by atoms with Gasteiger partial charge in [-0.1, -0.05) is 35.3 Å². The zero-order valence-electron chi connectivity index (χ0n) is 11.2. The summed E-state index contributed by atoms with van der Waals surface area (Å²) in [6.07, 6.45) is 1.48. The maximum absolute atomic E-state index is 13.2. The summed E-state index contributed by atoms with van der Waals surface area (Å²) in [6.45, 7) is 0. The third kappa shape index (κ3) is 4.20. The predicted molar refractivity (Wildman–Crippen MR) is 83.1 cm³/mol. The van der Waals surface area contributed by atoms with E-state index < -0.39 is 0 Å². The molecule has 106 valence electrons. The van der Waals surface area contributed by atoms with Crippen LogP contribution in [0.25, 0.3) is 0 Å². The molecule has 0 bridgehead atoms. The Balaban J connectivity index is 2.11. The first-order chi connectivity index (χ1) is 9.58. The first kappa shape index (κ1) is 15.3. The number of halogens is 3. The van der Waals surface area contributed by atoms with E-state index in [1.54, 1.807) is 24.3 Å². The molecule has 0 aliphatic carbocycles. The van der Waals surface area contributed by atoms with Crippen molar-refractivity contribution in [2.45, 2.75) is 18.9 Å². The van der Waals surface area contributed by atoms with Crippen LogP contribution in [0.3, 0.4) is 0 Å². The maximum atomic E-state index is 13.2. The average molecular weight is 312 g/mol. The lowest BCUT2D eigenvalue weighted by molar-refractivity contribution is 0.553. The molecule has 0 aliphatic heterocycles. The lowest BCUT2D eigenvalue weighted by atomic mass is 9.99. The third-order valence-corrected chi connectivity index (χ3v) is 3.86. The lowest BCUT2D eigenvalue weighted by Gasteiger charge is -2.17. The molecule has 0 fully saturated rings. The van der Waals surface area contributed by atoms with Crippen LogP contribution in [0.5, 0.6) is 0 Å². The highest BCUT2D eigenvalue weighted by Gasteiger charge is 2.11. The summed E-state index contributed by atoms with van der Waals surface area (Å²) in [5.41, 5.74) is 1.96. The van der Waals surface area contributed by atoms with Gasteiger partial charge in [-0.15, -0.1) is 0 Å². The van der Waals surface area contributed by atoms with Crippen LogP contribution in [0.2, 0.25) is 10.0 Å². The average Bonchev–Trinajstić information content (AvgIpc) is 2.42. The molecule has 0 radical (unpaired) electrons. The SMILES string of the molecule is CNC(Cc1cccc(F)c1)Cc1cc(Cl)ccc1Cl. The zero-order valence-corrected chi connectivity index (χ0v) is 12.7. The highest BCUT2D eigenvalue weighted by Crippen LogP contribution is 2.22. The molecule has 0 amide bonds. The second-order valence-corrected chi connectivity index (χ2v) is 5.60. The van der Waals surface area contributed by atoms with Crippen LogP contribution in [-0.4, -0.2) is 13.1 Å². The minimum absolute atomic E-state index is 0.174. The van der Waals surface area contributed by atoms with E-state index in [1.807, 2.05) is 19.2 Å². The Morgan fingerprint density at radius 2 is 1.90 bits per heavy atom. The Kier molecular flexibility index (Phi) is 5.41. The first-order valence-electron chi connectivity index (χ1n) is 6.44. The fraction of sp³-hybridized carbons (Fsp3) is 0.250. The number of nitrogens with one attached hydrogen (secondary N) is 1. The summed E-state index contributed by atoms with van der Waals surface area (Å²) < 4.78 is 13.2. The van der Waals surface area contributed by atoms with Crippen molar-refractivity contribution in [1.82, 2.24) is 5.32 Å². The molecule has 1 nitrogen and oxygen atoms in total. The van der Waals surface area contributed by atoms with Crippen LogP contribution in [-0.2, 0) is 12.8 Å². The summed E-state index contributed by atoms with van der Waals surface area (Å²) in [7, 11) is 1.89. The standard InChI is InChI=1S/C16H16Cl2FN/c1-20-15(8-11-3-2-4-14(19)7-11)10-12-9-13(17)5-6-16(12)18/h2-7,9,15,20H,8,10H2,1H3. The monoisotopic (exact) mass is 311 g/mol. The first-order valence-corrected chi connectivity index (χ1v) is 7.19. The van der Waals surface area contributed by atoms with E-state index in [9.17, 15) is 4.39 Å². The molecular weight excluding hydrogens is 296 g/mol. The van der Waals surface area contributed by atoms with Gasteiger partial charge in [0.05, 0.1) is 0 Å². The molecule has 0 heterocycles. The van der Waals surface area contributed by atoms with E-state index >= 15 is 0 Å². The van der Waals surface area contributed by atoms with Gasteiger partial charge >= 0.3 is 0 Å². The third-order valence-electron chi connectivity index (χ3n) is 3.25. The molecule has 1 unspecified atom stereocenters. The van der Waals surface area contributed by atoms with E-state index in [1.165, 1.54) is 6.07 Å². The van der Waals surface area contributed by atoms with E-state index in [0.29, 0.717) is 10.0 Å². The Hall–Kier alpha value is -1.09. The number of benzene rings is 2. The van der Waals surface area contributed by atoms with Crippen LogP contribution in [0.4, 0.5) is 4.39 Å². The number of hydrogen-bond acceptors (Lipinski definition) is 1. The van der Waals surface area contributed by atoms with Crippen molar-refractivity contribution in [3.63, 3.8) is 0 Å². The van der Waals surface area contributed by atoms with E-state index in [2.05, 4.69) is 5.32 Å². The zero-order chi connectivity index (χ0) is 14.5. The molecule has 0 saturated carbocycles. The van der Waals surface area contributed by atoms with Gasteiger partial charge in [-0.25, -0.2) is 4.39 Å². The van der Waals surface area contributed by atoms with Gasteiger partial charge in [-0.2, -0.15) is 0 Å². The van der Waals surface area contributed by atoms with Crippen molar-refractivity contribution in [2.75, 3.05) is 7.05 Å². The van der Waals surface area contributed by atoms with Crippen LogP contribution in [0.1, 0.15) is 11.1 Å². The van der Waals surface area contributed by atoms with Gasteiger partial charge in [0.1, 0.15) is 5.82 Å². The van der Waals surface area contributed by atoms with Gasteiger partial charge in [0, 0.05) is 16.1 Å². The van der Waals surface area contributed by atoms with Crippen LogP contribution >= 0.6 is 23.2 Å². The van der Waals surface area contributed by atoms with Crippen molar-refractivity contribution in [2.24, 2.45) is 0 Å². The Labute approximate surface area is 128 Å². The minimum atomic E-state index is -0.210. The van der Waals surface area contributed by atoms with Gasteiger partial charge in [0.25, 0.3) is 0 Å². The Bertz CT molecular complexity index is 586. The van der Waals surface area contributed by atoms with Gasteiger partial charge in [-0.05, 0) is 61.3 Å². The minimum Gasteiger partial charge on any atom is -0.316 e. The summed E-state index contributed by atoms with van der Waals surface area (Å²) >= 11 is 12.2.